The third kappa shape index (κ3) is 6.08. The number of rotatable bonds is 5. The zero-order chi connectivity index (χ0) is 32.5. The maximum atomic E-state index is 11.4. The number of hydrogen-bond acceptors (Lipinski definition) is 6. The molecule has 6 aromatic heterocycles. The van der Waals surface area contributed by atoms with Crippen molar-refractivity contribution in [1.29, 1.82) is 5.26 Å². The van der Waals surface area contributed by atoms with Crippen molar-refractivity contribution in [3.05, 3.63) is 142 Å². The fourth-order valence-electron chi connectivity index (χ4n) is 5.64. The van der Waals surface area contributed by atoms with E-state index in [0.717, 1.165) is 49.5 Å². The Hall–Kier alpha value is -5.82. The first-order chi connectivity index (χ1) is 22.9. The monoisotopic (exact) mass is 655 g/mol. The van der Waals surface area contributed by atoms with Gasteiger partial charge in [-0.2, -0.15) is 5.26 Å². The first-order valence-electron chi connectivity index (χ1n) is 14.5. The van der Waals surface area contributed by atoms with Gasteiger partial charge in [-0.25, -0.2) is 4.79 Å². The molecule has 0 aliphatic heterocycles. The Morgan fingerprint density at radius 3 is 1.81 bits per heavy atom. The summed E-state index contributed by atoms with van der Waals surface area (Å²) >= 11 is 12.0. The zero-order valence-electron chi connectivity index (χ0n) is 24.5. The Balaban J connectivity index is 0.000000150. The van der Waals surface area contributed by atoms with Crippen molar-refractivity contribution in [2.24, 2.45) is 0 Å². The molecule has 47 heavy (non-hydrogen) atoms. The maximum Gasteiger partial charge on any atom is 0.339 e. The van der Waals surface area contributed by atoms with Crippen LogP contribution in [0.3, 0.4) is 0 Å². The molecule has 8 rings (SSSR count). The molecule has 0 saturated heterocycles. The number of hydrogen-bond donors (Lipinski definition) is 1. The molecule has 1 N–H and O–H groups in total. The molecule has 9 nitrogen and oxygen atoms in total. The summed E-state index contributed by atoms with van der Waals surface area (Å²) in [5, 5.41) is 21.8. The van der Waals surface area contributed by atoms with Crippen LogP contribution in [-0.2, 0) is 13.1 Å². The molecule has 0 bridgehead atoms. The second-order valence-electron chi connectivity index (χ2n) is 10.9. The molecule has 0 atom stereocenters. The minimum atomic E-state index is -0.980. The highest BCUT2D eigenvalue weighted by Gasteiger charge is 2.15. The fourth-order valence-corrected chi connectivity index (χ4v) is 5.98. The highest BCUT2D eigenvalue weighted by molar-refractivity contribution is 6.31. The van der Waals surface area contributed by atoms with Crippen molar-refractivity contribution < 1.29 is 9.90 Å². The number of halogens is 2. The Kier molecular flexibility index (Phi) is 7.96. The van der Waals surface area contributed by atoms with Gasteiger partial charge in [-0.15, -0.1) is 0 Å². The second kappa shape index (κ2) is 12.5. The minimum absolute atomic E-state index is 0.205. The molecule has 0 fully saturated rings. The molecule has 8 aromatic rings. The van der Waals surface area contributed by atoms with Gasteiger partial charge in [0.05, 0.1) is 37.7 Å². The van der Waals surface area contributed by atoms with Crippen molar-refractivity contribution in [3.8, 4) is 6.07 Å². The van der Waals surface area contributed by atoms with Crippen LogP contribution in [-0.4, -0.2) is 40.1 Å². The van der Waals surface area contributed by atoms with Gasteiger partial charge in [0.25, 0.3) is 0 Å². The van der Waals surface area contributed by atoms with E-state index >= 15 is 0 Å². The molecule has 0 unspecified atom stereocenters. The highest BCUT2D eigenvalue weighted by Crippen LogP contribution is 2.24. The summed E-state index contributed by atoms with van der Waals surface area (Å²) in [6.45, 7) is 1.20. The van der Waals surface area contributed by atoms with Crippen LogP contribution < -0.4 is 0 Å². The van der Waals surface area contributed by atoms with Crippen LogP contribution in [0.15, 0.2) is 110 Å². The molecule has 0 aliphatic carbocycles. The maximum absolute atomic E-state index is 11.4. The Labute approximate surface area is 277 Å². The van der Waals surface area contributed by atoms with E-state index in [4.69, 9.17) is 23.2 Å². The quantitative estimate of drug-likeness (QED) is 0.198. The molecule has 0 amide bonds. The summed E-state index contributed by atoms with van der Waals surface area (Å²) in [5.41, 5.74) is 7.70. The number of benzene rings is 2. The first kappa shape index (κ1) is 29.9. The minimum Gasteiger partial charge on any atom is -0.478 e. The summed E-state index contributed by atoms with van der Waals surface area (Å²) in [4.78, 5) is 28.5. The molecular weight excluding hydrogens is 633 g/mol. The number of carboxylic acids is 1. The molecule has 6 heterocycles. The van der Waals surface area contributed by atoms with Crippen molar-refractivity contribution in [1.82, 2.24) is 29.1 Å². The van der Waals surface area contributed by atoms with Gasteiger partial charge >= 0.3 is 5.97 Å². The number of pyridine rings is 4. The van der Waals surface area contributed by atoms with Crippen LogP contribution in [0.4, 0.5) is 0 Å². The number of nitrogens with zero attached hydrogens (tertiary/aromatic N) is 7. The lowest BCUT2D eigenvalue weighted by molar-refractivity contribution is 0.0698. The number of carboxylic acid groups (broad SMARTS) is 1. The summed E-state index contributed by atoms with van der Waals surface area (Å²) in [7, 11) is 0. The van der Waals surface area contributed by atoms with E-state index in [9.17, 15) is 15.2 Å². The van der Waals surface area contributed by atoms with Crippen molar-refractivity contribution in [3.63, 3.8) is 0 Å². The number of aromatic carboxylic acids is 1. The van der Waals surface area contributed by atoms with E-state index in [2.05, 4.69) is 32.1 Å². The lowest BCUT2D eigenvalue weighted by Gasteiger charge is -2.07. The summed E-state index contributed by atoms with van der Waals surface area (Å²) in [6.07, 6.45) is 10.0. The molecule has 11 heteroatoms. The number of fused-ring (bicyclic) bond motifs is 4. The van der Waals surface area contributed by atoms with Crippen LogP contribution >= 0.6 is 23.2 Å². The lowest BCUT2D eigenvalue weighted by Crippen LogP contribution is -1.99. The van der Waals surface area contributed by atoms with Gasteiger partial charge in [0, 0.05) is 61.0 Å². The van der Waals surface area contributed by atoms with Crippen LogP contribution in [0, 0.1) is 11.3 Å². The topological polar surface area (TPSA) is 123 Å². The fraction of sp³-hybridized carbons (Fsp3) is 0.0556. The van der Waals surface area contributed by atoms with Gasteiger partial charge in [-0.1, -0.05) is 35.3 Å². The largest absolute Gasteiger partial charge is 0.478 e. The highest BCUT2D eigenvalue weighted by atomic mass is 35.5. The predicted molar refractivity (Wildman–Crippen MR) is 183 cm³/mol. The van der Waals surface area contributed by atoms with Crippen LogP contribution in [0.5, 0.6) is 0 Å². The van der Waals surface area contributed by atoms with E-state index in [-0.39, 0.29) is 5.56 Å². The predicted octanol–water partition coefficient (Wildman–Crippen LogP) is 8.14. The molecule has 0 radical (unpaired) electrons. The number of carbonyl (C=O) groups is 1. The van der Waals surface area contributed by atoms with Crippen LogP contribution in [0.1, 0.15) is 27.0 Å². The molecule has 0 aliphatic rings. The zero-order valence-corrected chi connectivity index (χ0v) is 26.1. The first-order valence-corrected chi connectivity index (χ1v) is 15.2. The van der Waals surface area contributed by atoms with Crippen LogP contribution in [0.2, 0.25) is 10.0 Å². The average molecular weight is 657 g/mol. The third-order valence-electron chi connectivity index (χ3n) is 7.75. The van der Waals surface area contributed by atoms with Crippen molar-refractivity contribution in [2.45, 2.75) is 13.1 Å². The normalized spacial score (nSPS) is 11.1. The van der Waals surface area contributed by atoms with Gasteiger partial charge < -0.3 is 14.2 Å². The molecule has 0 spiro atoms. The second-order valence-corrected chi connectivity index (χ2v) is 11.7. The van der Waals surface area contributed by atoms with E-state index in [1.165, 1.54) is 0 Å². The Bertz CT molecular complexity index is 2520. The summed E-state index contributed by atoms with van der Waals surface area (Å²) in [6, 6.07) is 25.5. The Morgan fingerprint density at radius 2 is 1.26 bits per heavy atom. The Morgan fingerprint density at radius 1 is 0.723 bits per heavy atom. The lowest BCUT2D eigenvalue weighted by atomic mass is 10.1. The average Bonchev–Trinajstić information content (AvgIpc) is 3.63. The van der Waals surface area contributed by atoms with Gasteiger partial charge in [-0.3, -0.25) is 19.9 Å². The summed E-state index contributed by atoms with van der Waals surface area (Å²) in [5.74, 6) is -0.980. The molecule has 0 saturated carbocycles. The van der Waals surface area contributed by atoms with Gasteiger partial charge in [0.15, 0.2) is 0 Å². The number of aromatic nitrogens is 6. The van der Waals surface area contributed by atoms with Gasteiger partial charge in [-0.05, 0) is 71.8 Å². The van der Waals surface area contributed by atoms with E-state index in [0.29, 0.717) is 34.2 Å². The molecule has 228 valence electrons. The standard InChI is InChI=1S/C18H11ClN4.C18H12ClN3O2/c19-15-7-13-6-12(3-4-16(13)22-9-15)10-23-11-14(8-20)18-17(23)2-1-5-21-18;19-13-7-12-6-11(3-4-15(12)21-8-13)9-22-10-14(18(23)24)17-16(22)2-1-5-20-17/h1-7,9,11H,10H2;1-8,10H,9H2,(H,23,24). The smallest absolute Gasteiger partial charge is 0.339 e. The van der Waals surface area contributed by atoms with E-state index in [1.807, 2.05) is 76.0 Å². The van der Waals surface area contributed by atoms with Crippen LogP contribution in [0.25, 0.3) is 43.9 Å². The van der Waals surface area contributed by atoms with Crippen molar-refractivity contribution in [2.75, 3.05) is 0 Å². The SMILES string of the molecule is N#Cc1cn(Cc2ccc3ncc(Cl)cc3c2)c2cccnc12.O=C(O)c1cn(Cc2ccc3ncc(Cl)cc3c2)c2cccnc12. The van der Waals surface area contributed by atoms with Gasteiger partial charge in [0.1, 0.15) is 22.7 Å². The number of nitriles is 1. The van der Waals surface area contributed by atoms with Crippen molar-refractivity contribution >= 4 is 73.0 Å². The third-order valence-corrected chi connectivity index (χ3v) is 8.17. The van der Waals surface area contributed by atoms with E-state index in [1.54, 1.807) is 37.1 Å². The molecule has 2 aromatic carbocycles. The summed E-state index contributed by atoms with van der Waals surface area (Å²) < 4.78 is 3.94. The van der Waals surface area contributed by atoms with Gasteiger partial charge in [0.2, 0.25) is 0 Å². The van der Waals surface area contributed by atoms with E-state index < -0.39 is 5.97 Å². The molecular formula is C36H23Cl2N7O2.